The van der Waals surface area contributed by atoms with Gasteiger partial charge in [-0.3, -0.25) is 4.98 Å². The van der Waals surface area contributed by atoms with Crippen LogP contribution in [0.5, 0.6) is 0 Å². The molecule has 0 radical (unpaired) electrons. The van der Waals surface area contributed by atoms with Gasteiger partial charge in [-0.1, -0.05) is 13.0 Å². The van der Waals surface area contributed by atoms with E-state index in [9.17, 15) is 5.11 Å². The molecule has 0 atom stereocenters. The first-order valence-electron chi connectivity index (χ1n) is 6.49. The number of nitrogens with zero attached hydrogens (tertiary/aromatic N) is 3. The number of aliphatic hydroxyl groups is 1. The Morgan fingerprint density at radius 1 is 1.21 bits per heavy atom. The van der Waals surface area contributed by atoms with Crippen molar-refractivity contribution in [3.63, 3.8) is 0 Å². The molecule has 0 spiro atoms. The van der Waals surface area contributed by atoms with Gasteiger partial charge in [0.2, 0.25) is 0 Å². The Balaban J connectivity index is 2.14. The Labute approximate surface area is 117 Å². The van der Waals surface area contributed by atoms with E-state index < -0.39 is 5.60 Å². The highest BCUT2D eigenvalue weighted by Crippen LogP contribution is 2.19. The average Bonchev–Trinajstić information content (AvgIpc) is 2.76. The largest absolute Gasteiger partial charge is 0.384 e. The predicted molar refractivity (Wildman–Crippen MR) is 76.2 cm³/mol. The molecule has 4 nitrogen and oxygen atoms in total. The minimum Gasteiger partial charge on any atom is -0.384 e. The second-order valence-electron chi connectivity index (χ2n) is 5.09. The van der Waals surface area contributed by atoms with Gasteiger partial charge in [-0.05, 0) is 32.4 Å². The van der Waals surface area contributed by atoms with Gasteiger partial charge >= 0.3 is 0 Å². The summed E-state index contributed by atoms with van der Waals surface area (Å²) in [4.78, 5) is 4.48. The zero-order valence-corrected chi connectivity index (χ0v) is 12.4. The maximum atomic E-state index is 9.97. The molecule has 0 saturated carbocycles. The van der Waals surface area contributed by atoms with Crippen LogP contribution in [-0.4, -0.2) is 20.3 Å². The van der Waals surface area contributed by atoms with E-state index in [0.29, 0.717) is 12.1 Å². The van der Waals surface area contributed by atoms with Crippen molar-refractivity contribution in [1.29, 1.82) is 0 Å². The van der Waals surface area contributed by atoms with Gasteiger partial charge in [0.1, 0.15) is 15.6 Å². The maximum Gasteiger partial charge on any atom is 0.123 e. The van der Waals surface area contributed by atoms with Crippen molar-refractivity contribution in [2.75, 3.05) is 0 Å². The number of hydrogen-bond donors (Lipinski definition) is 1. The minimum atomic E-state index is -0.912. The fourth-order valence-electron chi connectivity index (χ4n) is 1.75. The number of hydrogen-bond acceptors (Lipinski definition) is 5. The highest BCUT2D eigenvalue weighted by atomic mass is 32.1. The Morgan fingerprint density at radius 2 is 1.95 bits per heavy atom. The molecule has 2 rings (SSSR count). The van der Waals surface area contributed by atoms with Crippen LogP contribution in [0.3, 0.4) is 0 Å². The molecule has 2 aromatic rings. The summed E-state index contributed by atoms with van der Waals surface area (Å²) >= 11 is 1.64. The fourth-order valence-corrected chi connectivity index (χ4v) is 2.71. The lowest BCUT2D eigenvalue weighted by atomic mass is 10.0. The van der Waals surface area contributed by atoms with Crippen LogP contribution in [0, 0.1) is 0 Å². The van der Waals surface area contributed by atoms with Gasteiger partial charge in [0.15, 0.2) is 0 Å². The van der Waals surface area contributed by atoms with Crippen LogP contribution in [0.25, 0.3) is 0 Å². The first kappa shape index (κ1) is 14.1. The summed E-state index contributed by atoms with van der Waals surface area (Å²) in [6.45, 7) is 5.61. The maximum absolute atomic E-state index is 9.97. The molecule has 102 valence electrons. The van der Waals surface area contributed by atoms with E-state index in [1.807, 2.05) is 18.2 Å². The molecular weight excluding hydrogens is 258 g/mol. The van der Waals surface area contributed by atoms with Crippen molar-refractivity contribution in [1.82, 2.24) is 15.2 Å². The van der Waals surface area contributed by atoms with Crippen LogP contribution in [0.15, 0.2) is 18.2 Å². The van der Waals surface area contributed by atoms with Gasteiger partial charge in [-0.25, -0.2) is 0 Å². The molecule has 0 saturated heterocycles. The average molecular weight is 277 g/mol. The van der Waals surface area contributed by atoms with E-state index in [1.165, 1.54) is 0 Å². The highest BCUT2D eigenvalue weighted by Gasteiger charge is 2.18. The Hall–Kier alpha value is -1.33. The van der Waals surface area contributed by atoms with Crippen LogP contribution < -0.4 is 0 Å². The van der Waals surface area contributed by atoms with Gasteiger partial charge in [0, 0.05) is 18.5 Å². The highest BCUT2D eigenvalue weighted by molar-refractivity contribution is 7.11. The molecule has 0 bridgehead atoms. The quantitative estimate of drug-likeness (QED) is 0.913. The van der Waals surface area contributed by atoms with E-state index >= 15 is 0 Å². The lowest BCUT2D eigenvalue weighted by Crippen LogP contribution is -2.18. The van der Waals surface area contributed by atoms with Crippen LogP contribution in [0.1, 0.15) is 48.6 Å². The summed E-state index contributed by atoms with van der Waals surface area (Å²) in [6.07, 6.45) is 2.74. The summed E-state index contributed by atoms with van der Waals surface area (Å²) in [5, 5.41) is 20.4. The molecule has 0 aliphatic heterocycles. The smallest absolute Gasteiger partial charge is 0.123 e. The van der Waals surface area contributed by atoms with E-state index in [1.54, 1.807) is 25.2 Å². The van der Waals surface area contributed by atoms with E-state index in [2.05, 4.69) is 22.1 Å². The minimum absolute atomic E-state index is 0.672. The molecule has 5 heteroatoms. The summed E-state index contributed by atoms with van der Waals surface area (Å²) in [5.41, 5.74) is 0.687. The first-order valence-corrected chi connectivity index (χ1v) is 7.30. The number of aryl methyl sites for hydroxylation is 1. The lowest BCUT2D eigenvalue weighted by Gasteiger charge is -2.16. The van der Waals surface area contributed by atoms with E-state index in [4.69, 9.17) is 0 Å². The van der Waals surface area contributed by atoms with Crippen molar-refractivity contribution in [2.24, 2.45) is 0 Å². The molecule has 19 heavy (non-hydrogen) atoms. The van der Waals surface area contributed by atoms with E-state index in [-0.39, 0.29) is 0 Å². The lowest BCUT2D eigenvalue weighted by molar-refractivity contribution is 0.0736. The molecular formula is C14H19N3OS. The van der Waals surface area contributed by atoms with Gasteiger partial charge in [0.05, 0.1) is 5.69 Å². The monoisotopic (exact) mass is 277 g/mol. The van der Waals surface area contributed by atoms with Crippen LogP contribution in [-0.2, 0) is 18.4 Å². The summed E-state index contributed by atoms with van der Waals surface area (Å²) < 4.78 is 0. The van der Waals surface area contributed by atoms with Crippen LogP contribution in [0.4, 0.5) is 0 Å². The molecule has 0 aliphatic rings. The third-order valence-electron chi connectivity index (χ3n) is 2.74. The normalized spacial score (nSPS) is 11.8. The first-order chi connectivity index (χ1) is 8.99. The SMILES string of the molecule is CCCc1nnc(Cc2cccc(C(C)(C)O)n2)s1. The standard InChI is InChI=1S/C14H19N3OS/c1-4-6-12-16-17-13(19-12)9-10-7-5-8-11(15-10)14(2,3)18/h5,7-8,18H,4,6,9H2,1-3H3. The Bertz CT molecular complexity index is 546. The molecule has 0 amide bonds. The number of rotatable bonds is 5. The van der Waals surface area contributed by atoms with Gasteiger partial charge in [-0.2, -0.15) is 0 Å². The second kappa shape index (κ2) is 5.75. The second-order valence-corrected chi connectivity index (χ2v) is 6.24. The van der Waals surface area contributed by atoms with Crippen molar-refractivity contribution in [3.05, 3.63) is 39.6 Å². The number of pyridine rings is 1. The zero-order valence-electron chi connectivity index (χ0n) is 11.6. The van der Waals surface area contributed by atoms with Gasteiger partial charge in [-0.15, -0.1) is 21.5 Å². The molecule has 2 aromatic heterocycles. The molecule has 1 N–H and O–H groups in total. The molecule has 2 heterocycles. The summed E-state index contributed by atoms with van der Waals surface area (Å²) in [7, 11) is 0. The fraction of sp³-hybridized carbons (Fsp3) is 0.500. The summed E-state index contributed by atoms with van der Waals surface area (Å²) in [6, 6.07) is 5.71. The third kappa shape index (κ3) is 3.81. The topological polar surface area (TPSA) is 58.9 Å². The molecule has 0 aliphatic carbocycles. The van der Waals surface area contributed by atoms with Crippen LogP contribution in [0.2, 0.25) is 0 Å². The van der Waals surface area contributed by atoms with Gasteiger partial charge in [0.25, 0.3) is 0 Å². The Morgan fingerprint density at radius 3 is 2.63 bits per heavy atom. The molecule has 0 unspecified atom stereocenters. The third-order valence-corrected chi connectivity index (χ3v) is 3.72. The van der Waals surface area contributed by atoms with Crippen molar-refractivity contribution in [3.8, 4) is 0 Å². The predicted octanol–water partition coefficient (Wildman–Crippen LogP) is 2.70. The van der Waals surface area contributed by atoms with Crippen molar-refractivity contribution < 1.29 is 5.11 Å². The van der Waals surface area contributed by atoms with Crippen LogP contribution >= 0.6 is 11.3 Å². The summed E-state index contributed by atoms with van der Waals surface area (Å²) in [5.74, 6) is 0. The van der Waals surface area contributed by atoms with Gasteiger partial charge < -0.3 is 5.11 Å². The van der Waals surface area contributed by atoms with E-state index in [0.717, 1.165) is 28.6 Å². The number of aromatic nitrogens is 3. The Kier molecular flexibility index (Phi) is 4.27. The van der Waals surface area contributed by atoms with Crippen molar-refractivity contribution in [2.45, 2.75) is 45.6 Å². The zero-order chi connectivity index (χ0) is 13.9. The molecule has 0 fully saturated rings. The molecule has 0 aromatic carbocycles. The van der Waals surface area contributed by atoms with Crippen molar-refractivity contribution >= 4 is 11.3 Å².